The Kier molecular flexibility index (Phi) is 5.87. The van der Waals surface area contributed by atoms with Crippen LogP contribution in [0.1, 0.15) is 12.5 Å². The molecule has 1 heterocycles. The summed E-state index contributed by atoms with van der Waals surface area (Å²) in [5.41, 5.74) is 1.17. The van der Waals surface area contributed by atoms with E-state index in [-0.39, 0.29) is 17.8 Å². The molecule has 0 radical (unpaired) electrons. The maximum Gasteiger partial charge on any atom is 0.232 e. The van der Waals surface area contributed by atoms with Gasteiger partial charge in [0, 0.05) is 18.8 Å². The molecule has 0 saturated heterocycles. The van der Waals surface area contributed by atoms with E-state index in [2.05, 4.69) is 0 Å². The summed E-state index contributed by atoms with van der Waals surface area (Å²) >= 11 is 3.13. The molecule has 1 atom stereocenters. The van der Waals surface area contributed by atoms with Crippen molar-refractivity contribution in [2.45, 2.75) is 18.7 Å². The molecule has 1 unspecified atom stereocenters. The third-order valence-corrected chi connectivity index (χ3v) is 4.04. The Morgan fingerprint density at radius 3 is 3.00 bits per heavy atom. The molecule has 3 nitrogen and oxygen atoms in total. The molecule has 90 valence electrons. The highest BCUT2D eigenvalue weighted by molar-refractivity contribution is 8.00. The molecule has 0 aliphatic carbocycles. The topological polar surface area (TPSA) is 40.5 Å². The van der Waals surface area contributed by atoms with Crippen molar-refractivity contribution < 1.29 is 9.90 Å². The predicted octanol–water partition coefficient (Wildman–Crippen LogP) is 1.82. The van der Waals surface area contributed by atoms with Crippen LogP contribution >= 0.6 is 23.1 Å². The summed E-state index contributed by atoms with van der Waals surface area (Å²) < 4.78 is 0. The number of carbonyl (C=O) groups is 1. The normalized spacial score (nSPS) is 12.4. The average molecular weight is 259 g/mol. The summed E-state index contributed by atoms with van der Waals surface area (Å²) in [5.74, 6) is 0.541. The monoisotopic (exact) mass is 259 g/mol. The summed E-state index contributed by atoms with van der Waals surface area (Å²) in [6, 6.07) is 2.03. The van der Waals surface area contributed by atoms with Crippen molar-refractivity contribution >= 4 is 29.0 Å². The number of hydrogen-bond acceptors (Lipinski definition) is 4. The first-order chi connectivity index (χ1) is 7.63. The Morgan fingerprint density at radius 1 is 1.69 bits per heavy atom. The lowest BCUT2D eigenvalue weighted by Gasteiger charge is -2.17. The van der Waals surface area contributed by atoms with Crippen molar-refractivity contribution in [3.8, 4) is 0 Å². The van der Waals surface area contributed by atoms with Crippen LogP contribution in [-0.4, -0.2) is 40.6 Å². The molecule has 0 fully saturated rings. The van der Waals surface area contributed by atoms with Crippen LogP contribution in [0.15, 0.2) is 16.8 Å². The van der Waals surface area contributed by atoms with E-state index in [1.54, 1.807) is 16.2 Å². The molecule has 0 bridgehead atoms. The van der Waals surface area contributed by atoms with Crippen molar-refractivity contribution in [2.24, 2.45) is 0 Å². The maximum absolute atomic E-state index is 11.7. The van der Waals surface area contributed by atoms with Crippen LogP contribution in [0.5, 0.6) is 0 Å². The number of thioether (sulfide) groups is 1. The van der Waals surface area contributed by atoms with Gasteiger partial charge >= 0.3 is 0 Å². The predicted molar refractivity (Wildman–Crippen MR) is 69.8 cm³/mol. The zero-order chi connectivity index (χ0) is 12.0. The molecule has 0 saturated carbocycles. The summed E-state index contributed by atoms with van der Waals surface area (Å²) in [6.45, 7) is 2.69. The van der Waals surface area contributed by atoms with Gasteiger partial charge in [-0.15, -0.1) is 11.8 Å². The Labute approximate surface area is 104 Å². The zero-order valence-corrected chi connectivity index (χ0v) is 11.2. The highest BCUT2D eigenvalue weighted by Crippen LogP contribution is 2.12. The average Bonchev–Trinajstić information content (AvgIpc) is 2.77. The largest absolute Gasteiger partial charge is 0.395 e. The van der Waals surface area contributed by atoms with Gasteiger partial charge in [0.1, 0.15) is 0 Å². The van der Waals surface area contributed by atoms with Gasteiger partial charge in [0.15, 0.2) is 0 Å². The van der Waals surface area contributed by atoms with Gasteiger partial charge in [-0.2, -0.15) is 11.3 Å². The van der Waals surface area contributed by atoms with E-state index in [4.69, 9.17) is 5.11 Å². The number of aliphatic hydroxyl groups excluding tert-OH is 1. The van der Waals surface area contributed by atoms with E-state index in [0.29, 0.717) is 12.3 Å². The third-order valence-electron chi connectivity index (χ3n) is 2.17. The first kappa shape index (κ1) is 13.5. The Balaban J connectivity index is 2.31. The van der Waals surface area contributed by atoms with Crippen LogP contribution in [0.4, 0.5) is 0 Å². The molecule has 0 aliphatic rings. The van der Waals surface area contributed by atoms with Crippen molar-refractivity contribution in [2.75, 3.05) is 19.4 Å². The molecule has 0 aromatic carbocycles. The zero-order valence-electron chi connectivity index (χ0n) is 9.55. The molecular weight excluding hydrogens is 242 g/mol. The third kappa shape index (κ3) is 4.55. The Bertz CT molecular complexity index is 314. The summed E-state index contributed by atoms with van der Waals surface area (Å²) in [7, 11) is 1.81. The van der Waals surface area contributed by atoms with Crippen molar-refractivity contribution in [3.05, 3.63) is 22.4 Å². The standard InChI is InChI=1S/C11H17NO2S2/c1-9(6-13)16-8-11(14)12(2)5-10-3-4-15-7-10/h3-4,7,9,13H,5-6,8H2,1-2H3. The van der Waals surface area contributed by atoms with Gasteiger partial charge in [-0.3, -0.25) is 4.79 Å². The van der Waals surface area contributed by atoms with Crippen LogP contribution < -0.4 is 0 Å². The summed E-state index contributed by atoms with van der Waals surface area (Å²) in [5, 5.41) is 13.0. The first-order valence-corrected chi connectivity index (χ1v) is 7.10. The quantitative estimate of drug-likeness (QED) is 0.847. The van der Waals surface area contributed by atoms with Gasteiger partial charge in [0.2, 0.25) is 5.91 Å². The van der Waals surface area contributed by atoms with E-state index in [9.17, 15) is 4.79 Å². The summed E-state index contributed by atoms with van der Waals surface area (Å²) in [6.07, 6.45) is 0. The minimum atomic E-state index is 0.108. The lowest BCUT2D eigenvalue weighted by atomic mass is 10.3. The lowest BCUT2D eigenvalue weighted by Crippen LogP contribution is -2.28. The van der Waals surface area contributed by atoms with Crippen LogP contribution in [-0.2, 0) is 11.3 Å². The molecule has 1 aromatic rings. The van der Waals surface area contributed by atoms with E-state index in [1.165, 1.54) is 17.3 Å². The van der Waals surface area contributed by atoms with Gasteiger partial charge in [-0.25, -0.2) is 0 Å². The number of thiophene rings is 1. The van der Waals surface area contributed by atoms with Gasteiger partial charge in [0.25, 0.3) is 0 Å². The van der Waals surface area contributed by atoms with Crippen LogP contribution in [0.25, 0.3) is 0 Å². The lowest BCUT2D eigenvalue weighted by molar-refractivity contribution is -0.127. The van der Waals surface area contributed by atoms with Crippen LogP contribution in [0, 0.1) is 0 Å². The molecule has 16 heavy (non-hydrogen) atoms. The highest BCUT2D eigenvalue weighted by atomic mass is 32.2. The SMILES string of the molecule is CC(CO)SCC(=O)N(C)Cc1ccsc1. The molecule has 1 aromatic heterocycles. The van der Waals surface area contributed by atoms with Crippen LogP contribution in [0.2, 0.25) is 0 Å². The Hall–Kier alpha value is -0.520. The molecule has 1 rings (SSSR count). The maximum atomic E-state index is 11.7. The molecule has 5 heteroatoms. The Morgan fingerprint density at radius 2 is 2.44 bits per heavy atom. The molecule has 0 spiro atoms. The van der Waals surface area contributed by atoms with E-state index in [0.717, 1.165) is 0 Å². The van der Waals surface area contributed by atoms with Gasteiger partial charge in [-0.1, -0.05) is 6.92 Å². The molecule has 1 N–H and O–H groups in total. The minimum Gasteiger partial charge on any atom is -0.395 e. The van der Waals surface area contributed by atoms with Crippen molar-refractivity contribution in [3.63, 3.8) is 0 Å². The van der Waals surface area contributed by atoms with Gasteiger partial charge < -0.3 is 10.0 Å². The number of carbonyl (C=O) groups excluding carboxylic acids is 1. The van der Waals surface area contributed by atoms with E-state index < -0.39 is 0 Å². The first-order valence-electron chi connectivity index (χ1n) is 5.11. The fourth-order valence-electron chi connectivity index (χ4n) is 1.12. The molecule has 0 aliphatic heterocycles. The number of nitrogens with zero attached hydrogens (tertiary/aromatic N) is 1. The van der Waals surface area contributed by atoms with Gasteiger partial charge in [0.05, 0.1) is 12.4 Å². The van der Waals surface area contributed by atoms with E-state index >= 15 is 0 Å². The van der Waals surface area contributed by atoms with Crippen LogP contribution in [0.3, 0.4) is 0 Å². The second-order valence-electron chi connectivity index (χ2n) is 3.69. The van der Waals surface area contributed by atoms with Crippen molar-refractivity contribution in [1.82, 2.24) is 4.90 Å². The highest BCUT2D eigenvalue weighted by Gasteiger charge is 2.11. The number of hydrogen-bond donors (Lipinski definition) is 1. The fourth-order valence-corrected chi connectivity index (χ4v) is 2.53. The van der Waals surface area contributed by atoms with Crippen molar-refractivity contribution in [1.29, 1.82) is 0 Å². The second kappa shape index (κ2) is 6.93. The fraction of sp³-hybridized carbons (Fsp3) is 0.545. The van der Waals surface area contributed by atoms with E-state index in [1.807, 2.05) is 30.8 Å². The number of amides is 1. The molecular formula is C11H17NO2S2. The minimum absolute atomic E-state index is 0.108. The number of rotatable bonds is 6. The molecule has 1 amide bonds. The summed E-state index contributed by atoms with van der Waals surface area (Å²) in [4.78, 5) is 13.4. The van der Waals surface area contributed by atoms with Gasteiger partial charge in [-0.05, 0) is 22.4 Å². The second-order valence-corrected chi connectivity index (χ2v) is 5.89. The smallest absolute Gasteiger partial charge is 0.232 e. The number of aliphatic hydroxyl groups is 1.